The quantitative estimate of drug-likeness (QED) is 0.671. The van der Waals surface area contributed by atoms with Gasteiger partial charge in [-0.05, 0) is 37.0 Å². The van der Waals surface area contributed by atoms with Crippen molar-refractivity contribution < 1.29 is 14.3 Å². The normalized spacial score (nSPS) is 18.1. The van der Waals surface area contributed by atoms with Crippen molar-refractivity contribution in [3.8, 4) is 16.3 Å². The fraction of sp³-hybridized carbons (Fsp3) is 0.333. The van der Waals surface area contributed by atoms with Gasteiger partial charge in [-0.25, -0.2) is 4.39 Å². The Morgan fingerprint density at radius 3 is 2.74 bits per heavy atom. The van der Waals surface area contributed by atoms with Crippen LogP contribution in [0.15, 0.2) is 35.3 Å². The largest absolute Gasteiger partial charge is 0.502 e. The third-order valence-electron chi connectivity index (χ3n) is 5.84. The molecule has 8 nitrogen and oxygen atoms in total. The van der Waals surface area contributed by atoms with Gasteiger partial charge in [0.15, 0.2) is 16.5 Å². The number of benzene rings is 1. The van der Waals surface area contributed by atoms with Crippen molar-refractivity contribution in [1.29, 1.82) is 0 Å². The molecular formula is C21H20FN5O3S. The summed E-state index contributed by atoms with van der Waals surface area (Å²) in [6.45, 7) is 0.604. The lowest BCUT2D eigenvalue weighted by atomic mass is 10.0. The average molecular weight is 441 g/mol. The molecule has 0 spiro atoms. The Morgan fingerprint density at radius 1 is 1.19 bits per heavy atom. The summed E-state index contributed by atoms with van der Waals surface area (Å²) in [5, 5.41) is 21.8. The van der Waals surface area contributed by atoms with Crippen LogP contribution in [-0.2, 0) is 6.42 Å². The van der Waals surface area contributed by atoms with E-state index in [0.29, 0.717) is 23.0 Å². The van der Waals surface area contributed by atoms with Crippen LogP contribution >= 0.6 is 11.3 Å². The van der Waals surface area contributed by atoms with Crippen LogP contribution in [0.25, 0.3) is 10.6 Å². The number of hydrogen-bond acceptors (Lipinski definition) is 7. The molecule has 0 saturated carbocycles. The van der Waals surface area contributed by atoms with Crippen LogP contribution in [0.5, 0.6) is 5.75 Å². The Bertz CT molecular complexity index is 1220. The average Bonchev–Trinajstić information content (AvgIpc) is 3.23. The molecule has 2 aliphatic rings. The minimum atomic E-state index is -0.645. The lowest BCUT2D eigenvalue weighted by Crippen LogP contribution is -2.61. The van der Waals surface area contributed by atoms with E-state index in [4.69, 9.17) is 0 Å². The summed E-state index contributed by atoms with van der Waals surface area (Å²) in [7, 11) is 1.84. The summed E-state index contributed by atoms with van der Waals surface area (Å²) in [5.74, 6) is -1.22. The Morgan fingerprint density at radius 2 is 1.97 bits per heavy atom. The molecule has 1 amide bonds. The van der Waals surface area contributed by atoms with Gasteiger partial charge in [-0.1, -0.05) is 23.5 Å². The zero-order valence-electron chi connectivity index (χ0n) is 16.8. The van der Waals surface area contributed by atoms with E-state index in [2.05, 4.69) is 10.2 Å². The maximum atomic E-state index is 13.1. The molecule has 1 fully saturated rings. The van der Waals surface area contributed by atoms with Crippen molar-refractivity contribution in [2.24, 2.45) is 0 Å². The maximum absolute atomic E-state index is 13.1. The standard InChI is InChI=1S/C21H20FN5O3S/c1-25-16-4-2-3-9-26(16)21(30)17-19(29)18(28)14(11-27(17)25)20-24-23-15(31-20)10-12-5-7-13(22)8-6-12/h5-8,11,16,29H,2-4,9-10H2,1H3. The number of pyridine rings is 1. The van der Waals surface area contributed by atoms with Crippen LogP contribution in [0, 0.1) is 5.82 Å². The first-order chi connectivity index (χ1) is 14.9. The van der Waals surface area contributed by atoms with Crippen molar-refractivity contribution in [1.82, 2.24) is 19.8 Å². The number of halogens is 1. The first-order valence-corrected chi connectivity index (χ1v) is 10.9. The number of aromatic nitrogens is 3. The monoisotopic (exact) mass is 441 g/mol. The van der Waals surface area contributed by atoms with Gasteiger partial charge < -0.3 is 10.0 Å². The van der Waals surface area contributed by atoms with E-state index >= 15 is 0 Å². The van der Waals surface area contributed by atoms with Gasteiger partial charge in [0.2, 0.25) is 5.43 Å². The molecule has 2 aliphatic heterocycles. The summed E-state index contributed by atoms with van der Waals surface area (Å²) in [6.07, 6.45) is 4.63. The van der Waals surface area contributed by atoms with Crippen LogP contribution in [0.2, 0.25) is 0 Å². The van der Waals surface area contributed by atoms with E-state index in [1.807, 2.05) is 12.1 Å². The lowest BCUT2D eigenvalue weighted by Gasteiger charge is -2.47. The molecule has 0 bridgehead atoms. The number of piperidine rings is 1. The lowest BCUT2D eigenvalue weighted by molar-refractivity contribution is 0.0498. The first kappa shape index (κ1) is 19.7. The van der Waals surface area contributed by atoms with E-state index < -0.39 is 11.2 Å². The van der Waals surface area contributed by atoms with Gasteiger partial charge in [0.25, 0.3) is 5.91 Å². The van der Waals surface area contributed by atoms with Crippen LogP contribution < -0.4 is 10.4 Å². The van der Waals surface area contributed by atoms with E-state index in [0.717, 1.165) is 24.8 Å². The van der Waals surface area contributed by atoms with E-state index in [9.17, 15) is 19.1 Å². The van der Waals surface area contributed by atoms with Gasteiger partial charge >= 0.3 is 0 Å². The molecule has 31 heavy (non-hydrogen) atoms. The molecule has 1 aromatic carbocycles. The smallest absolute Gasteiger partial charge is 0.278 e. The third-order valence-corrected chi connectivity index (χ3v) is 6.79. The molecule has 1 N–H and O–H groups in total. The number of aromatic hydroxyl groups is 1. The van der Waals surface area contributed by atoms with Gasteiger partial charge in [0.1, 0.15) is 17.0 Å². The van der Waals surface area contributed by atoms with Crippen LogP contribution in [0.3, 0.4) is 0 Å². The molecule has 1 unspecified atom stereocenters. The summed E-state index contributed by atoms with van der Waals surface area (Å²) in [5.41, 5.74) is 0.392. The van der Waals surface area contributed by atoms with Gasteiger partial charge in [-0.15, -0.1) is 10.2 Å². The highest BCUT2D eigenvalue weighted by Crippen LogP contribution is 2.31. The van der Waals surface area contributed by atoms with Crippen molar-refractivity contribution in [2.75, 3.05) is 18.6 Å². The second-order valence-electron chi connectivity index (χ2n) is 7.77. The number of amides is 1. The topological polar surface area (TPSA) is 91.6 Å². The number of nitrogens with zero attached hydrogens (tertiary/aromatic N) is 5. The fourth-order valence-electron chi connectivity index (χ4n) is 4.22. The van der Waals surface area contributed by atoms with E-state index in [1.54, 1.807) is 27.9 Å². The van der Waals surface area contributed by atoms with Crippen LogP contribution in [0.1, 0.15) is 40.3 Å². The minimum absolute atomic E-state index is 0.0227. The van der Waals surface area contributed by atoms with Crippen molar-refractivity contribution in [3.63, 3.8) is 0 Å². The predicted octanol–water partition coefficient (Wildman–Crippen LogP) is 2.34. The molecule has 10 heteroatoms. The molecule has 3 aromatic rings. The SMILES string of the molecule is CN1C2CCCCN2C(=O)c2c(O)c(=O)c(-c3nnc(Cc4ccc(F)cc4)s3)cn21. The molecule has 0 radical (unpaired) electrons. The number of carbonyl (C=O) groups is 1. The number of rotatable bonds is 3. The number of carbonyl (C=O) groups excluding carboxylic acids is 1. The Labute approximate surface area is 181 Å². The fourth-order valence-corrected chi connectivity index (χ4v) is 5.10. The second kappa shape index (κ2) is 7.45. The van der Waals surface area contributed by atoms with Crippen molar-refractivity contribution >= 4 is 17.2 Å². The Balaban J connectivity index is 1.53. The van der Waals surface area contributed by atoms with Crippen LogP contribution in [-0.4, -0.2) is 50.5 Å². The minimum Gasteiger partial charge on any atom is -0.502 e. The van der Waals surface area contributed by atoms with Crippen molar-refractivity contribution in [3.05, 3.63) is 62.8 Å². The van der Waals surface area contributed by atoms with Crippen molar-refractivity contribution in [2.45, 2.75) is 31.8 Å². The number of hydrogen-bond donors (Lipinski definition) is 1. The summed E-state index contributed by atoms with van der Waals surface area (Å²) in [6, 6.07) is 6.11. The van der Waals surface area contributed by atoms with E-state index in [1.165, 1.54) is 23.5 Å². The molecule has 160 valence electrons. The van der Waals surface area contributed by atoms with Gasteiger partial charge in [-0.3, -0.25) is 19.3 Å². The molecule has 0 aliphatic carbocycles. The molecule has 1 saturated heterocycles. The predicted molar refractivity (Wildman–Crippen MR) is 113 cm³/mol. The molecular weight excluding hydrogens is 421 g/mol. The molecule has 2 aromatic heterocycles. The van der Waals surface area contributed by atoms with E-state index in [-0.39, 0.29) is 29.1 Å². The molecule has 1 atom stereocenters. The van der Waals surface area contributed by atoms with Gasteiger partial charge in [-0.2, -0.15) is 0 Å². The Kier molecular flexibility index (Phi) is 4.73. The Hall–Kier alpha value is -3.27. The zero-order valence-corrected chi connectivity index (χ0v) is 17.6. The van der Waals surface area contributed by atoms with Crippen LogP contribution in [0.4, 0.5) is 4.39 Å². The highest BCUT2D eigenvalue weighted by molar-refractivity contribution is 7.14. The van der Waals surface area contributed by atoms with Gasteiger partial charge in [0, 0.05) is 26.2 Å². The summed E-state index contributed by atoms with van der Waals surface area (Å²) in [4.78, 5) is 27.6. The second-order valence-corrected chi connectivity index (χ2v) is 8.83. The maximum Gasteiger partial charge on any atom is 0.278 e. The highest BCUT2D eigenvalue weighted by Gasteiger charge is 2.40. The van der Waals surface area contributed by atoms with Gasteiger partial charge in [0.05, 0.1) is 5.56 Å². The summed E-state index contributed by atoms with van der Waals surface area (Å²) < 4.78 is 14.7. The summed E-state index contributed by atoms with van der Waals surface area (Å²) >= 11 is 1.23. The molecule has 4 heterocycles. The number of fused-ring (bicyclic) bond motifs is 2. The first-order valence-electron chi connectivity index (χ1n) is 10.0. The third kappa shape index (κ3) is 3.27. The highest BCUT2D eigenvalue weighted by atomic mass is 32.1. The molecule has 5 rings (SSSR count). The zero-order chi connectivity index (χ0) is 21.7.